The fourth-order valence-corrected chi connectivity index (χ4v) is 3.78. The third-order valence-corrected chi connectivity index (χ3v) is 5.40. The minimum atomic E-state index is -0.211. The van der Waals surface area contributed by atoms with Gasteiger partial charge >= 0.3 is 0 Å². The van der Waals surface area contributed by atoms with E-state index in [9.17, 15) is 9.59 Å². The summed E-state index contributed by atoms with van der Waals surface area (Å²) in [6.45, 7) is 5.42. The van der Waals surface area contributed by atoms with Crippen LogP contribution in [0.2, 0.25) is 0 Å². The highest BCUT2D eigenvalue weighted by atomic mass is 16.2. The summed E-state index contributed by atoms with van der Waals surface area (Å²) in [5.74, 6) is 7.67. The highest BCUT2D eigenvalue weighted by molar-refractivity contribution is 6.21. The van der Waals surface area contributed by atoms with Gasteiger partial charge in [-0.25, -0.2) is 9.97 Å². The summed E-state index contributed by atoms with van der Waals surface area (Å²) in [5, 5.41) is 0. The predicted octanol–water partition coefficient (Wildman–Crippen LogP) is 3.59. The predicted molar refractivity (Wildman–Crippen MR) is 115 cm³/mol. The van der Waals surface area contributed by atoms with E-state index in [-0.39, 0.29) is 11.8 Å². The summed E-state index contributed by atoms with van der Waals surface area (Å²) in [4.78, 5) is 37.5. The molecule has 30 heavy (non-hydrogen) atoms. The molecule has 154 valence electrons. The third kappa shape index (κ3) is 4.06. The molecule has 0 radical (unpaired) electrons. The topological polar surface area (TPSA) is 66.4 Å². The Hall–Kier alpha value is -3.20. The molecule has 0 N–H and O–H groups in total. The van der Waals surface area contributed by atoms with Crippen molar-refractivity contribution >= 4 is 17.6 Å². The molecule has 0 saturated heterocycles. The highest BCUT2D eigenvalue weighted by Gasteiger charge is 2.34. The van der Waals surface area contributed by atoms with Crippen molar-refractivity contribution in [1.82, 2.24) is 14.9 Å². The summed E-state index contributed by atoms with van der Waals surface area (Å²) in [7, 11) is 0. The number of rotatable bonds is 7. The Balaban J connectivity index is 1.40. The van der Waals surface area contributed by atoms with E-state index in [4.69, 9.17) is 0 Å². The van der Waals surface area contributed by atoms with Crippen molar-refractivity contribution in [2.24, 2.45) is 0 Å². The molecular formula is C24H26N4O2. The standard InChI is InChI=1S/C24H26N4O2/c1-3-14-27(19-12-13-19)22-18(16-25-17(2)26-22)9-5-4-8-15-28-23(29)20-10-6-7-11-21(20)24(28)30/h6-7,10-11,16,19H,3-4,8,12-15H2,1-2H3. The largest absolute Gasteiger partial charge is 0.352 e. The van der Waals surface area contributed by atoms with Gasteiger partial charge in [0, 0.05) is 31.7 Å². The molecule has 1 aliphatic heterocycles. The SMILES string of the molecule is CCCN(c1nc(C)ncc1C#CCCCN1C(=O)c2ccccc2C1=O)C1CC1. The van der Waals surface area contributed by atoms with Gasteiger partial charge in [0.15, 0.2) is 0 Å². The monoisotopic (exact) mass is 402 g/mol. The fraction of sp³-hybridized carbons (Fsp3) is 0.417. The Kier molecular flexibility index (Phi) is 5.80. The van der Waals surface area contributed by atoms with E-state index < -0.39 is 0 Å². The number of imide groups is 1. The van der Waals surface area contributed by atoms with E-state index in [1.165, 1.54) is 17.7 Å². The molecule has 2 amide bonds. The number of unbranched alkanes of at least 4 members (excludes halogenated alkanes) is 1. The van der Waals surface area contributed by atoms with E-state index in [0.717, 1.165) is 30.2 Å². The quantitative estimate of drug-likeness (QED) is 0.402. The van der Waals surface area contributed by atoms with Crippen molar-refractivity contribution < 1.29 is 9.59 Å². The minimum absolute atomic E-state index is 0.211. The first kappa shape index (κ1) is 20.1. The second-order valence-corrected chi connectivity index (χ2v) is 7.79. The van der Waals surface area contributed by atoms with E-state index in [0.29, 0.717) is 36.6 Å². The molecule has 1 aliphatic carbocycles. The molecule has 1 aromatic carbocycles. The number of carbonyl (C=O) groups excluding carboxylic acids is 2. The number of aromatic nitrogens is 2. The normalized spacial score (nSPS) is 15.1. The van der Waals surface area contributed by atoms with Crippen LogP contribution in [0, 0.1) is 18.8 Å². The van der Waals surface area contributed by atoms with Gasteiger partial charge in [-0.2, -0.15) is 0 Å². The van der Waals surface area contributed by atoms with Crippen molar-refractivity contribution in [2.45, 2.75) is 52.0 Å². The van der Waals surface area contributed by atoms with Gasteiger partial charge in [-0.1, -0.05) is 30.9 Å². The molecule has 2 heterocycles. The van der Waals surface area contributed by atoms with E-state index in [1.807, 2.05) is 6.92 Å². The Bertz CT molecular complexity index is 998. The molecule has 1 fully saturated rings. The van der Waals surface area contributed by atoms with Crippen molar-refractivity contribution in [2.75, 3.05) is 18.0 Å². The maximum Gasteiger partial charge on any atom is 0.261 e. The number of hydrogen-bond acceptors (Lipinski definition) is 5. The van der Waals surface area contributed by atoms with E-state index in [1.54, 1.807) is 30.5 Å². The Morgan fingerprint density at radius 1 is 1.17 bits per heavy atom. The lowest BCUT2D eigenvalue weighted by Crippen LogP contribution is -2.30. The van der Waals surface area contributed by atoms with Gasteiger partial charge in [0.2, 0.25) is 0 Å². The maximum absolute atomic E-state index is 12.4. The van der Waals surface area contributed by atoms with Crippen LogP contribution in [0.1, 0.15) is 71.1 Å². The summed E-state index contributed by atoms with van der Waals surface area (Å²) in [5.41, 5.74) is 1.83. The zero-order valence-corrected chi connectivity index (χ0v) is 17.5. The summed E-state index contributed by atoms with van der Waals surface area (Å²) < 4.78 is 0. The van der Waals surface area contributed by atoms with E-state index in [2.05, 4.69) is 33.6 Å². The molecule has 4 rings (SSSR count). The number of nitrogens with zero attached hydrogens (tertiary/aromatic N) is 4. The molecule has 6 nitrogen and oxygen atoms in total. The van der Waals surface area contributed by atoms with Gasteiger partial charge in [0.25, 0.3) is 11.8 Å². The molecule has 0 atom stereocenters. The number of hydrogen-bond donors (Lipinski definition) is 0. The number of anilines is 1. The number of aryl methyl sites for hydroxylation is 1. The van der Waals surface area contributed by atoms with Crippen LogP contribution in [0.25, 0.3) is 0 Å². The number of carbonyl (C=O) groups is 2. The number of benzene rings is 1. The Labute approximate surface area is 177 Å². The summed E-state index contributed by atoms with van der Waals surface area (Å²) >= 11 is 0. The van der Waals surface area contributed by atoms with Crippen molar-refractivity contribution in [1.29, 1.82) is 0 Å². The van der Waals surface area contributed by atoms with Gasteiger partial charge in [0.1, 0.15) is 11.6 Å². The maximum atomic E-state index is 12.4. The van der Waals surface area contributed by atoms with Crippen LogP contribution < -0.4 is 4.90 Å². The molecule has 0 spiro atoms. The molecule has 1 aromatic heterocycles. The molecule has 2 aromatic rings. The average molecular weight is 402 g/mol. The van der Waals surface area contributed by atoms with Gasteiger partial charge in [-0.3, -0.25) is 14.5 Å². The summed E-state index contributed by atoms with van der Waals surface area (Å²) in [6.07, 6.45) is 6.51. The first-order chi connectivity index (χ1) is 14.6. The minimum Gasteiger partial charge on any atom is -0.352 e. The van der Waals surface area contributed by atoms with Crippen LogP contribution in [0.4, 0.5) is 5.82 Å². The lowest BCUT2D eigenvalue weighted by Gasteiger charge is -2.24. The van der Waals surface area contributed by atoms with Gasteiger partial charge in [0.05, 0.1) is 16.7 Å². The van der Waals surface area contributed by atoms with E-state index >= 15 is 0 Å². The molecule has 2 aliphatic rings. The zero-order valence-electron chi connectivity index (χ0n) is 17.5. The highest BCUT2D eigenvalue weighted by Crippen LogP contribution is 2.32. The second-order valence-electron chi connectivity index (χ2n) is 7.79. The lowest BCUT2D eigenvalue weighted by molar-refractivity contribution is 0.0653. The molecule has 0 bridgehead atoms. The zero-order chi connectivity index (χ0) is 21.1. The molecule has 6 heteroatoms. The lowest BCUT2D eigenvalue weighted by atomic mass is 10.1. The van der Waals surface area contributed by atoms with Crippen LogP contribution in [-0.4, -0.2) is 45.8 Å². The molecular weight excluding hydrogens is 376 g/mol. The Morgan fingerprint density at radius 2 is 1.87 bits per heavy atom. The van der Waals surface area contributed by atoms with Crippen LogP contribution in [0.5, 0.6) is 0 Å². The van der Waals surface area contributed by atoms with Gasteiger partial charge in [-0.15, -0.1) is 0 Å². The second kappa shape index (κ2) is 8.66. The Morgan fingerprint density at radius 3 is 2.50 bits per heavy atom. The van der Waals surface area contributed by atoms with Crippen LogP contribution in [0.15, 0.2) is 30.5 Å². The molecule has 0 unspecified atom stereocenters. The van der Waals surface area contributed by atoms with Gasteiger partial charge < -0.3 is 4.90 Å². The average Bonchev–Trinajstić information content (AvgIpc) is 3.56. The first-order valence-corrected chi connectivity index (χ1v) is 10.6. The first-order valence-electron chi connectivity index (χ1n) is 10.6. The molecule has 1 saturated carbocycles. The number of amides is 2. The van der Waals surface area contributed by atoms with Crippen LogP contribution in [-0.2, 0) is 0 Å². The smallest absolute Gasteiger partial charge is 0.261 e. The van der Waals surface area contributed by atoms with Crippen molar-refractivity contribution in [3.8, 4) is 11.8 Å². The fourth-order valence-electron chi connectivity index (χ4n) is 3.78. The van der Waals surface area contributed by atoms with Crippen LogP contribution in [0.3, 0.4) is 0 Å². The van der Waals surface area contributed by atoms with Crippen molar-refractivity contribution in [3.05, 3.63) is 53.0 Å². The van der Waals surface area contributed by atoms with Crippen molar-refractivity contribution in [3.63, 3.8) is 0 Å². The summed E-state index contributed by atoms with van der Waals surface area (Å²) in [6, 6.07) is 7.54. The number of fused-ring (bicyclic) bond motifs is 1. The van der Waals surface area contributed by atoms with Gasteiger partial charge in [-0.05, 0) is 44.7 Å². The van der Waals surface area contributed by atoms with Crippen LogP contribution >= 0.6 is 0 Å². The third-order valence-electron chi connectivity index (χ3n) is 5.40.